The molecule has 1 fully saturated rings. The Bertz CT molecular complexity index is 309. The summed E-state index contributed by atoms with van der Waals surface area (Å²) in [4.78, 5) is 25.5. The second kappa shape index (κ2) is 5.04. The third-order valence-electron chi connectivity index (χ3n) is 2.97. The van der Waals surface area contributed by atoms with Crippen molar-refractivity contribution in [1.82, 2.24) is 10.2 Å². The van der Waals surface area contributed by atoms with Gasteiger partial charge in [-0.15, -0.1) is 0 Å². The molecule has 0 aromatic heterocycles. The van der Waals surface area contributed by atoms with Crippen LogP contribution in [0.15, 0.2) is 0 Å². The van der Waals surface area contributed by atoms with Gasteiger partial charge >= 0.3 is 0 Å². The van der Waals surface area contributed by atoms with Crippen molar-refractivity contribution in [2.24, 2.45) is 5.41 Å². The number of carbonyl (C=O) groups excluding carboxylic acids is 2. The smallest absolute Gasteiger partial charge is 0.243 e. The van der Waals surface area contributed by atoms with Gasteiger partial charge in [0.1, 0.15) is 6.04 Å². The molecule has 2 atom stereocenters. The van der Waals surface area contributed by atoms with E-state index in [2.05, 4.69) is 5.32 Å². The van der Waals surface area contributed by atoms with Crippen LogP contribution in [0.25, 0.3) is 0 Å². The van der Waals surface area contributed by atoms with Crippen molar-refractivity contribution in [2.75, 3.05) is 20.2 Å². The van der Waals surface area contributed by atoms with E-state index >= 15 is 0 Å². The number of nitrogens with zero attached hydrogens (tertiary/aromatic N) is 1. The Labute approximate surface area is 102 Å². The highest BCUT2D eigenvalue weighted by Gasteiger charge is 2.42. The highest BCUT2D eigenvalue weighted by molar-refractivity contribution is 5.95. The molecule has 0 saturated carbocycles. The Kier molecular flexibility index (Phi) is 4.14. The van der Waals surface area contributed by atoms with E-state index in [9.17, 15) is 9.59 Å². The van der Waals surface area contributed by atoms with Crippen molar-refractivity contribution in [3.63, 3.8) is 0 Å². The molecule has 0 radical (unpaired) electrons. The van der Waals surface area contributed by atoms with Gasteiger partial charge in [-0.25, -0.2) is 0 Å². The first-order chi connectivity index (χ1) is 7.77. The minimum absolute atomic E-state index is 0.0478. The molecule has 0 bridgehead atoms. The van der Waals surface area contributed by atoms with Crippen molar-refractivity contribution in [2.45, 2.75) is 39.8 Å². The van der Waals surface area contributed by atoms with E-state index in [0.717, 1.165) is 0 Å². The zero-order valence-electron chi connectivity index (χ0n) is 11.2. The molecule has 5 nitrogen and oxygen atoms in total. The molecule has 1 aliphatic heterocycles. The van der Waals surface area contributed by atoms with Crippen LogP contribution in [0.4, 0.5) is 0 Å². The van der Waals surface area contributed by atoms with Crippen molar-refractivity contribution in [3.8, 4) is 0 Å². The molecule has 1 N–H and O–H groups in total. The highest BCUT2D eigenvalue weighted by Crippen LogP contribution is 2.26. The third kappa shape index (κ3) is 3.19. The Morgan fingerprint density at radius 1 is 1.47 bits per heavy atom. The number of ether oxygens (including phenoxy) is 1. The van der Waals surface area contributed by atoms with Crippen LogP contribution in [0.1, 0.15) is 27.7 Å². The topological polar surface area (TPSA) is 58.6 Å². The van der Waals surface area contributed by atoms with Gasteiger partial charge < -0.3 is 15.0 Å². The zero-order valence-corrected chi connectivity index (χ0v) is 11.2. The summed E-state index contributed by atoms with van der Waals surface area (Å²) < 4.78 is 5.17. The van der Waals surface area contributed by atoms with Gasteiger partial charge in [0, 0.05) is 13.7 Å². The number of amides is 2. The van der Waals surface area contributed by atoms with Gasteiger partial charge in [-0.05, 0) is 12.3 Å². The molecule has 0 aromatic rings. The maximum Gasteiger partial charge on any atom is 0.243 e. The highest BCUT2D eigenvalue weighted by atomic mass is 16.5. The molecule has 2 unspecified atom stereocenters. The second-order valence-corrected chi connectivity index (χ2v) is 5.58. The average Bonchev–Trinajstić information content (AvgIpc) is 2.21. The Morgan fingerprint density at radius 3 is 2.53 bits per heavy atom. The SMILES string of the molecule is COC(C)CN1C(=O)CNC(=O)C1C(C)(C)C. The van der Waals surface area contributed by atoms with Crippen LogP contribution in [0.2, 0.25) is 0 Å². The number of hydrogen-bond donors (Lipinski definition) is 1. The quantitative estimate of drug-likeness (QED) is 0.779. The van der Waals surface area contributed by atoms with Crippen LogP contribution >= 0.6 is 0 Å². The standard InChI is InChI=1S/C12H22N2O3/c1-8(17-5)7-14-9(15)6-13-11(16)10(14)12(2,3)4/h8,10H,6-7H2,1-5H3,(H,13,16). The van der Waals surface area contributed by atoms with E-state index in [0.29, 0.717) is 6.54 Å². The van der Waals surface area contributed by atoms with E-state index in [1.165, 1.54) is 0 Å². The van der Waals surface area contributed by atoms with E-state index in [4.69, 9.17) is 4.74 Å². The minimum atomic E-state index is -0.429. The normalized spacial score (nSPS) is 23.6. The van der Waals surface area contributed by atoms with Crippen molar-refractivity contribution in [1.29, 1.82) is 0 Å². The van der Waals surface area contributed by atoms with Gasteiger partial charge in [0.05, 0.1) is 12.6 Å². The fraction of sp³-hybridized carbons (Fsp3) is 0.833. The van der Waals surface area contributed by atoms with E-state index in [1.54, 1.807) is 12.0 Å². The molecule has 98 valence electrons. The molecule has 0 aliphatic carbocycles. The van der Waals surface area contributed by atoms with Crippen LogP contribution in [0, 0.1) is 5.41 Å². The van der Waals surface area contributed by atoms with Crippen molar-refractivity contribution in [3.05, 3.63) is 0 Å². The van der Waals surface area contributed by atoms with Crippen LogP contribution in [0.3, 0.4) is 0 Å². The molecule has 1 rings (SSSR count). The average molecular weight is 242 g/mol. The number of methoxy groups -OCH3 is 1. The summed E-state index contributed by atoms with van der Waals surface area (Å²) in [6.07, 6.45) is -0.0744. The number of rotatable bonds is 3. The lowest BCUT2D eigenvalue weighted by atomic mass is 9.83. The number of nitrogens with one attached hydrogen (secondary N) is 1. The van der Waals surface area contributed by atoms with Gasteiger partial charge in [-0.2, -0.15) is 0 Å². The molecule has 0 spiro atoms. The summed E-state index contributed by atoms with van der Waals surface area (Å²) in [5.41, 5.74) is -0.284. The fourth-order valence-corrected chi connectivity index (χ4v) is 2.07. The maximum atomic E-state index is 11.9. The third-order valence-corrected chi connectivity index (χ3v) is 2.97. The zero-order chi connectivity index (χ0) is 13.2. The van der Waals surface area contributed by atoms with E-state index in [1.807, 2.05) is 27.7 Å². The van der Waals surface area contributed by atoms with Crippen LogP contribution < -0.4 is 5.32 Å². The van der Waals surface area contributed by atoms with Gasteiger partial charge in [0.2, 0.25) is 11.8 Å². The summed E-state index contributed by atoms with van der Waals surface area (Å²) in [5.74, 6) is -0.131. The summed E-state index contributed by atoms with van der Waals surface area (Å²) in [6, 6.07) is -0.429. The van der Waals surface area contributed by atoms with Crippen LogP contribution in [0.5, 0.6) is 0 Å². The predicted molar refractivity (Wildman–Crippen MR) is 64.4 cm³/mol. The van der Waals surface area contributed by atoms with E-state index in [-0.39, 0.29) is 29.9 Å². The predicted octanol–water partition coefficient (Wildman–Crippen LogP) is 0.394. The molecular formula is C12H22N2O3. The number of carbonyl (C=O) groups is 2. The molecule has 2 amide bonds. The molecule has 1 aliphatic rings. The monoisotopic (exact) mass is 242 g/mol. The fourth-order valence-electron chi connectivity index (χ4n) is 2.07. The van der Waals surface area contributed by atoms with Crippen LogP contribution in [-0.4, -0.2) is 49.1 Å². The summed E-state index contributed by atoms with van der Waals surface area (Å²) in [7, 11) is 1.60. The largest absolute Gasteiger partial charge is 0.380 e. The van der Waals surface area contributed by atoms with Crippen molar-refractivity contribution < 1.29 is 14.3 Å². The summed E-state index contributed by atoms with van der Waals surface area (Å²) in [6.45, 7) is 8.30. The lowest BCUT2D eigenvalue weighted by molar-refractivity contribution is -0.151. The molecule has 0 aromatic carbocycles. The Hall–Kier alpha value is -1.10. The molecular weight excluding hydrogens is 220 g/mol. The van der Waals surface area contributed by atoms with Gasteiger partial charge in [-0.1, -0.05) is 20.8 Å². The summed E-state index contributed by atoms with van der Waals surface area (Å²) in [5, 5.41) is 2.64. The lowest BCUT2D eigenvalue weighted by Gasteiger charge is -2.42. The van der Waals surface area contributed by atoms with Crippen LogP contribution in [-0.2, 0) is 14.3 Å². The second-order valence-electron chi connectivity index (χ2n) is 5.58. The Morgan fingerprint density at radius 2 is 2.06 bits per heavy atom. The molecule has 17 heavy (non-hydrogen) atoms. The lowest BCUT2D eigenvalue weighted by Crippen LogP contribution is -2.63. The Balaban J connectivity index is 2.92. The molecule has 1 heterocycles. The first-order valence-corrected chi connectivity index (χ1v) is 5.87. The van der Waals surface area contributed by atoms with Gasteiger partial charge in [0.15, 0.2) is 0 Å². The first kappa shape index (κ1) is 14.0. The minimum Gasteiger partial charge on any atom is -0.380 e. The van der Waals surface area contributed by atoms with Crippen molar-refractivity contribution >= 4 is 11.8 Å². The molecule has 5 heteroatoms. The molecule has 1 saturated heterocycles. The van der Waals surface area contributed by atoms with Gasteiger partial charge in [-0.3, -0.25) is 9.59 Å². The number of piperazine rings is 1. The maximum absolute atomic E-state index is 11.9. The number of hydrogen-bond acceptors (Lipinski definition) is 3. The van der Waals surface area contributed by atoms with E-state index < -0.39 is 6.04 Å². The van der Waals surface area contributed by atoms with Gasteiger partial charge in [0.25, 0.3) is 0 Å². The summed E-state index contributed by atoms with van der Waals surface area (Å²) >= 11 is 0. The first-order valence-electron chi connectivity index (χ1n) is 5.87.